The fourth-order valence-electron chi connectivity index (χ4n) is 3.75. The highest BCUT2D eigenvalue weighted by Crippen LogP contribution is 2.30. The van der Waals surface area contributed by atoms with E-state index >= 15 is 0 Å². The molecule has 1 aromatic carbocycles. The van der Waals surface area contributed by atoms with Crippen LogP contribution in [0, 0.1) is 6.92 Å². The molecular weight excluding hydrogens is 366 g/mol. The monoisotopic (exact) mass is 399 g/mol. The molecule has 28 heavy (non-hydrogen) atoms. The first-order valence-corrected chi connectivity index (χ1v) is 11.5. The molecule has 0 radical (unpaired) electrons. The Labute approximate surface area is 173 Å². The first kappa shape index (κ1) is 21.0. The second-order valence-corrected chi connectivity index (χ2v) is 8.71. The number of unbranched alkanes of at least 4 members (excludes halogenated alkanes) is 2. The van der Waals surface area contributed by atoms with Gasteiger partial charge in [-0.25, -0.2) is 4.98 Å². The largest absolute Gasteiger partial charge is 0.338 e. The number of benzene rings is 1. The van der Waals surface area contributed by atoms with E-state index in [9.17, 15) is 4.79 Å². The van der Waals surface area contributed by atoms with Crippen LogP contribution in [-0.4, -0.2) is 41.5 Å². The molecule has 4 nitrogen and oxygen atoms in total. The van der Waals surface area contributed by atoms with Crippen molar-refractivity contribution in [3.8, 4) is 10.6 Å². The Kier molecular flexibility index (Phi) is 7.63. The van der Waals surface area contributed by atoms with Crippen LogP contribution in [0.1, 0.15) is 66.9 Å². The van der Waals surface area contributed by atoms with Crippen LogP contribution in [0.25, 0.3) is 10.6 Å². The number of hydrogen-bond acceptors (Lipinski definition) is 4. The van der Waals surface area contributed by atoms with E-state index in [1.165, 1.54) is 36.2 Å². The predicted molar refractivity (Wildman–Crippen MR) is 118 cm³/mol. The standard InChI is InChI=1S/C23H33N3OS/c1-4-6-7-13-24-20-11-14-26(15-12-20)23(27)21-17(3)25-22(28-21)19-10-8-9-18(5-2)16-19/h8-10,16,20,24H,4-7,11-15H2,1-3H3. The molecule has 2 aromatic rings. The summed E-state index contributed by atoms with van der Waals surface area (Å²) < 4.78 is 0. The van der Waals surface area contributed by atoms with Crippen molar-refractivity contribution in [2.24, 2.45) is 0 Å². The van der Waals surface area contributed by atoms with Gasteiger partial charge in [-0.15, -0.1) is 11.3 Å². The molecule has 152 valence electrons. The van der Waals surface area contributed by atoms with Crippen molar-refractivity contribution in [3.63, 3.8) is 0 Å². The Bertz CT molecular complexity index is 778. The number of amides is 1. The molecule has 1 aromatic heterocycles. The van der Waals surface area contributed by atoms with Gasteiger partial charge in [0, 0.05) is 24.7 Å². The van der Waals surface area contributed by atoms with E-state index in [2.05, 4.69) is 43.4 Å². The minimum Gasteiger partial charge on any atom is -0.338 e. The summed E-state index contributed by atoms with van der Waals surface area (Å²) in [6.07, 6.45) is 6.89. The van der Waals surface area contributed by atoms with Crippen LogP contribution in [0.15, 0.2) is 24.3 Å². The van der Waals surface area contributed by atoms with Crippen molar-refractivity contribution < 1.29 is 4.79 Å². The predicted octanol–water partition coefficient (Wildman–Crippen LogP) is 5.07. The molecule has 0 bridgehead atoms. The summed E-state index contributed by atoms with van der Waals surface area (Å²) in [5.74, 6) is 0.150. The first-order valence-electron chi connectivity index (χ1n) is 10.7. The molecule has 0 aliphatic carbocycles. The number of rotatable bonds is 8. The van der Waals surface area contributed by atoms with E-state index in [1.54, 1.807) is 0 Å². The van der Waals surface area contributed by atoms with Crippen LogP contribution in [0.2, 0.25) is 0 Å². The molecule has 2 heterocycles. The Morgan fingerprint density at radius 2 is 2.04 bits per heavy atom. The minimum absolute atomic E-state index is 0.150. The molecule has 3 rings (SSSR count). The fourth-order valence-corrected chi connectivity index (χ4v) is 4.78. The molecule has 0 spiro atoms. The summed E-state index contributed by atoms with van der Waals surface area (Å²) in [5.41, 5.74) is 3.26. The number of hydrogen-bond donors (Lipinski definition) is 1. The van der Waals surface area contributed by atoms with Crippen LogP contribution in [-0.2, 0) is 6.42 Å². The Balaban J connectivity index is 1.60. The number of nitrogens with zero attached hydrogens (tertiary/aromatic N) is 2. The van der Waals surface area contributed by atoms with Crippen molar-refractivity contribution in [1.82, 2.24) is 15.2 Å². The van der Waals surface area contributed by atoms with Crippen molar-refractivity contribution in [2.45, 2.75) is 65.3 Å². The van der Waals surface area contributed by atoms with Gasteiger partial charge in [0.25, 0.3) is 5.91 Å². The second-order valence-electron chi connectivity index (χ2n) is 7.72. The lowest BCUT2D eigenvalue weighted by molar-refractivity contribution is 0.0709. The lowest BCUT2D eigenvalue weighted by Crippen LogP contribution is -2.45. The van der Waals surface area contributed by atoms with Crippen LogP contribution in [0.5, 0.6) is 0 Å². The van der Waals surface area contributed by atoms with Gasteiger partial charge in [-0.05, 0) is 50.8 Å². The highest BCUT2D eigenvalue weighted by molar-refractivity contribution is 7.17. The highest BCUT2D eigenvalue weighted by Gasteiger charge is 2.26. The number of likely N-dealkylation sites (tertiary alicyclic amines) is 1. The number of thiazole rings is 1. The first-order chi connectivity index (χ1) is 13.6. The van der Waals surface area contributed by atoms with E-state index in [0.717, 1.165) is 60.0 Å². The topological polar surface area (TPSA) is 45.2 Å². The second kappa shape index (κ2) is 10.2. The number of carbonyl (C=O) groups is 1. The molecule has 1 N–H and O–H groups in total. The smallest absolute Gasteiger partial charge is 0.265 e. The Hall–Kier alpha value is -1.72. The van der Waals surface area contributed by atoms with Gasteiger partial charge in [-0.3, -0.25) is 4.79 Å². The van der Waals surface area contributed by atoms with E-state index < -0.39 is 0 Å². The van der Waals surface area contributed by atoms with Crippen molar-refractivity contribution >= 4 is 17.2 Å². The van der Waals surface area contributed by atoms with Gasteiger partial charge in [0.1, 0.15) is 9.88 Å². The summed E-state index contributed by atoms with van der Waals surface area (Å²) in [7, 11) is 0. The van der Waals surface area contributed by atoms with Gasteiger partial charge in [-0.1, -0.05) is 44.9 Å². The molecule has 1 saturated heterocycles. The lowest BCUT2D eigenvalue weighted by atomic mass is 10.0. The number of aromatic nitrogens is 1. The van der Waals surface area contributed by atoms with Crippen LogP contribution >= 0.6 is 11.3 Å². The molecule has 1 fully saturated rings. The van der Waals surface area contributed by atoms with Crippen molar-refractivity contribution in [3.05, 3.63) is 40.4 Å². The maximum absolute atomic E-state index is 13.1. The summed E-state index contributed by atoms with van der Waals surface area (Å²) in [6, 6.07) is 9.03. The maximum Gasteiger partial charge on any atom is 0.265 e. The average molecular weight is 400 g/mol. The number of nitrogens with one attached hydrogen (secondary N) is 1. The Morgan fingerprint density at radius 1 is 1.25 bits per heavy atom. The molecule has 1 aliphatic heterocycles. The quantitative estimate of drug-likeness (QED) is 0.631. The third kappa shape index (κ3) is 5.21. The third-order valence-corrected chi connectivity index (χ3v) is 6.76. The molecule has 0 atom stereocenters. The molecular formula is C23H33N3OS. The zero-order valence-corrected chi connectivity index (χ0v) is 18.3. The molecule has 1 aliphatic rings. The van der Waals surface area contributed by atoms with E-state index in [4.69, 9.17) is 4.98 Å². The van der Waals surface area contributed by atoms with Gasteiger partial charge in [-0.2, -0.15) is 0 Å². The number of piperidine rings is 1. The summed E-state index contributed by atoms with van der Waals surface area (Å²) in [4.78, 5) is 20.6. The van der Waals surface area contributed by atoms with Crippen molar-refractivity contribution in [2.75, 3.05) is 19.6 Å². The van der Waals surface area contributed by atoms with Gasteiger partial charge in [0.15, 0.2) is 0 Å². The normalized spacial score (nSPS) is 15.2. The molecule has 5 heteroatoms. The number of carbonyl (C=O) groups excluding carboxylic acids is 1. The molecule has 0 unspecified atom stereocenters. The van der Waals surface area contributed by atoms with Crippen LogP contribution in [0.3, 0.4) is 0 Å². The minimum atomic E-state index is 0.150. The van der Waals surface area contributed by atoms with Crippen molar-refractivity contribution in [1.29, 1.82) is 0 Å². The van der Waals surface area contributed by atoms with Crippen LogP contribution < -0.4 is 5.32 Å². The van der Waals surface area contributed by atoms with E-state index in [-0.39, 0.29) is 5.91 Å². The summed E-state index contributed by atoms with van der Waals surface area (Å²) >= 11 is 1.54. The average Bonchev–Trinajstić information content (AvgIpc) is 3.13. The van der Waals surface area contributed by atoms with E-state index in [0.29, 0.717) is 6.04 Å². The highest BCUT2D eigenvalue weighted by atomic mass is 32.1. The van der Waals surface area contributed by atoms with Gasteiger partial charge in [0.05, 0.1) is 5.69 Å². The van der Waals surface area contributed by atoms with Crippen LogP contribution in [0.4, 0.5) is 0 Å². The molecule has 1 amide bonds. The zero-order valence-electron chi connectivity index (χ0n) is 17.5. The van der Waals surface area contributed by atoms with Gasteiger partial charge >= 0.3 is 0 Å². The Morgan fingerprint density at radius 3 is 2.75 bits per heavy atom. The molecule has 0 saturated carbocycles. The zero-order chi connectivity index (χ0) is 19.9. The fraction of sp³-hybridized carbons (Fsp3) is 0.565. The lowest BCUT2D eigenvalue weighted by Gasteiger charge is -2.32. The third-order valence-electron chi connectivity index (χ3n) is 5.57. The summed E-state index contributed by atoms with van der Waals surface area (Å²) in [6.45, 7) is 9.12. The number of aryl methyl sites for hydroxylation is 2. The SMILES string of the molecule is CCCCCNC1CCN(C(=O)c2sc(-c3cccc(CC)c3)nc2C)CC1. The van der Waals surface area contributed by atoms with Gasteiger partial charge in [0.2, 0.25) is 0 Å². The van der Waals surface area contributed by atoms with E-state index in [1.807, 2.05) is 11.8 Å². The summed E-state index contributed by atoms with van der Waals surface area (Å²) in [5, 5.41) is 4.60. The maximum atomic E-state index is 13.1. The van der Waals surface area contributed by atoms with Gasteiger partial charge < -0.3 is 10.2 Å².